The van der Waals surface area contributed by atoms with Gasteiger partial charge in [0, 0.05) is 12.6 Å². The Hall–Kier alpha value is -0.120. The van der Waals surface area contributed by atoms with E-state index in [4.69, 9.17) is 10.9 Å². The third-order valence-electron chi connectivity index (χ3n) is 0.574. The van der Waals surface area contributed by atoms with Crippen LogP contribution < -0.4 is 11.2 Å². The molecular formula is C3H10N2O. The number of nitrogens with one attached hydrogen (secondary N) is 1. The van der Waals surface area contributed by atoms with E-state index < -0.39 is 0 Å². The van der Waals surface area contributed by atoms with E-state index in [2.05, 4.69) is 0 Å². The van der Waals surface area contributed by atoms with Crippen molar-refractivity contribution in [2.45, 2.75) is 13.0 Å². The fraction of sp³-hybridized carbons (Fsp3) is 1.00. The van der Waals surface area contributed by atoms with Crippen molar-refractivity contribution in [3.05, 3.63) is 0 Å². The largest absolute Gasteiger partial charge is 0.329 e. The van der Waals surface area contributed by atoms with E-state index in [0.29, 0.717) is 6.54 Å². The Balaban J connectivity index is 2.75. The van der Waals surface area contributed by atoms with Crippen LogP contribution >= 0.6 is 0 Å². The second kappa shape index (κ2) is 3.08. The molecule has 0 aliphatic carbocycles. The maximum absolute atomic E-state index is 8.00. The van der Waals surface area contributed by atoms with Crippen LogP contribution in [0.4, 0.5) is 0 Å². The van der Waals surface area contributed by atoms with Crippen LogP contribution in [0.25, 0.3) is 0 Å². The average Bonchev–Trinajstić information content (AvgIpc) is 1.65. The van der Waals surface area contributed by atoms with Gasteiger partial charge in [0.25, 0.3) is 0 Å². The van der Waals surface area contributed by atoms with Crippen molar-refractivity contribution >= 4 is 0 Å². The molecule has 1 atom stereocenters. The minimum Gasteiger partial charge on any atom is -0.329 e. The molecule has 0 saturated heterocycles. The van der Waals surface area contributed by atoms with Crippen molar-refractivity contribution in [1.29, 1.82) is 0 Å². The van der Waals surface area contributed by atoms with Gasteiger partial charge in [0.05, 0.1) is 0 Å². The van der Waals surface area contributed by atoms with Crippen LogP contribution in [0, 0.1) is 0 Å². The number of nitrogens with two attached hydrogens (primary N) is 1. The molecule has 0 heterocycles. The van der Waals surface area contributed by atoms with Crippen molar-refractivity contribution in [2.24, 2.45) is 5.73 Å². The number of hydrogen-bond donors (Lipinski definition) is 3. The van der Waals surface area contributed by atoms with Crippen LogP contribution in [0.5, 0.6) is 0 Å². The predicted octanol–water partition coefficient (Wildman–Crippen LogP) is -0.688. The Labute approximate surface area is 37.1 Å². The van der Waals surface area contributed by atoms with Crippen molar-refractivity contribution in [2.75, 3.05) is 6.54 Å². The maximum Gasteiger partial charge on any atom is 0.0413 e. The van der Waals surface area contributed by atoms with E-state index in [1.165, 1.54) is 0 Å². The van der Waals surface area contributed by atoms with Gasteiger partial charge in [-0.1, -0.05) is 0 Å². The summed E-state index contributed by atoms with van der Waals surface area (Å²) in [4.78, 5) is 0. The molecule has 3 heteroatoms. The van der Waals surface area contributed by atoms with E-state index in [-0.39, 0.29) is 6.04 Å². The summed E-state index contributed by atoms with van der Waals surface area (Å²) < 4.78 is 0. The minimum absolute atomic E-state index is 0.0185. The van der Waals surface area contributed by atoms with Crippen molar-refractivity contribution in [3.63, 3.8) is 0 Å². The molecule has 3 nitrogen and oxygen atoms in total. The quantitative estimate of drug-likeness (QED) is 0.393. The summed E-state index contributed by atoms with van der Waals surface area (Å²) in [7, 11) is 0. The zero-order valence-electron chi connectivity index (χ0n) is 3.81. The Morgan fingerprint density at radius 3 is 2.50 bits per heavy atom. The van der Waals surface area contributed by atoms with Gasteiger partial charge in [-0.15, -0.1) is 0 Å². The molecule has 0 aromatic heterocycles. The summed E-state index contributed by atoms with van der Waals surface area (Å²) in [6, 6.07) is 0.0185. The Morgan fingerprint density at radius 1 is 2.00 bits per heavy atom. The summed E-state index contributed by atoms with van der Waals surface area (Å²) in [6.45, 7) is 2.26. The molecular weight excluding hydrogens is 80.0 g/mol. The molecule has 0 spiro atoms. The number of hydroxylamine groups is 1. The normalized spacial score (nSPS) is 14.5. The molecule has 4 N–H and O–H groups in total. The van der Waals surface area contributed by atoms with E-state index in [9.17, 15) is 0 Å². The highest BCUT2D eigenvalue weighted by atomic mass is 16.5. The lowest BCUT2D eigenvalue weighted by Crippen LogP contribution is -2.30. The number of hydrogen-bond acceptors (Lipinski definition) is 3. The molecule has 0 aromatic rings. The maximum atomic E-state index is 8.00. The highest BCUT2D eigenvalue weighted by Crippen LogP contribution is 1.66. The summed E-state index contributed by atoms with van der Waals surface area (Å²) in [6.07, 6.45) is 0. The smallest absolute Gasteiger partial charge is 0.0413 e. The lowest BCUT2D eigenvalue weighted by Gasteiger charge is -2.00. The van der Waals surface area contributed by atoms with Gasteiger partial charge in [0.2, 0.25) is 0 Å². The third-order valence-corrected chi connectivity index (χ3v) is 0.574. The van der Waals surface area contributed by atoms with E-state index >= 15 is 0 Å². The molecule has 0 radical (unpaired) electrons. The molecule has 0 saturated carbocycles. The van der Waals surface area contributed by atoms with Gasteiger partial charge in [-0.25, -0.2) is 5.48 Å². The van der Waals surface area contributed by atoms with Crippen LogP contribution in [0.15, 0.2) is 0 Å². The molecule has 0 aliphatic rings. The second-order valence-corrected chi connectivity index (χ2v) is 1.27. The fourth-order valence-corrected chi connectivity index (χ4v) is 0.0527. The van der Waals surface area contributed by atoms with Crippen LogP contribution in [0.3, 0.4) is 0 Å². The lowest BCUT2D eigenvalue weighted by molar-refractivity contribution is 0.136. The van der Waals surface area contributed by atoms with E-state index in [1.54, 1.807) is 6.92 Å². The molecule has 6 heavy (non-hydrogen) atoms. The zero-order chi connectivity index (χ0) is 4.99. The van der Waals surface area contributed by atoms with Crippen LogP contribution in [-0.2, 0) is 0 Å². The first-order valence-corrected chi connectivity index (χ1v) is 1.91. The van der Waals surface area contributed by atoms with Gasteiger partial charge in [-0.2, -0.15) is 0 Å². The number of rotatable bonds is 2. The van der Waals surface area contributed by atoms with E-state index in [1.807, 2.05) is 5.48 Å². The Morgan fingerprint density at radius 2 is 2.50 bits per heavy atom. The van der Waals surface area contributed by atoms with Crippen LogP contribution in [0.1, 0.15) is 6.92 Å². The molecule has 0 aliphatic heterocycles. The molecule has 0 amide bonds. The first-order chi connectivity index (χ1) is 2.81. The first-order valence-electron chi connectivity index (χ1n) is 1.91. The predicted molar refractivity (Wildman–Crippen MR) is 23.4 cm³/mol. The van der Waals surface area contributed by atoms with E-state index in [0.717, 1.165) is 0 Å². The van der Waals surface area contributed by atoms with Crippen LogP contribution in [0.2, 0.25) is 0 Å². The second-order valence-electron chi connectivity index (χ2n) is 1.27. The van der Waals surface area contributed by atoms with Gasteiger partial charge in [0.15, 0.2) is 0 Å². The standard InChI is InChI=1S/C3H10N2O/c1-3(2-4)5-6/h3,5-6H,2,4H2,1H3. The van der Waals surface area contributed by atoms with Gasteiger partial charge in [-0.3, -0.25) is 0 Å². The Kier molecular flexibility index (Phi) is 3.02. The minimum atomic E-state index is 0.0185. The Bertz CT molecular complexity index is 28.0. The van der Waals surface area contributed by atoms with Gasteiger partial charge < -0.3 is 10.9 Å². The molecule has 0 fully saturated rings. The lowest BCUT2D eigenvalue weighted by atomic mass is 10.4. The summed E-state index contributed by atoms with van der Waals surface area (Å²) in [5.41, 5.74) is 7.05. The topological polar surface area (TPSA) is 58.3 Å². The summed E-state index contributed by atoms with van der Waals surface area (Å²) in [5.74, 6) is 0. The summed E-state index contributed by atoms with van der Waals surface area (Å²) >= 11 is 0. The SMILES string of the molecule is CC(CN)NO. The first kappa shape index (κ1) is 5.88. The third kappa shape index (κ3) is 2.14. The molecule has 38 valence electrons. The molecule has 0 rings (SSSR count). The summed E-state index contributed by atoms with van der Waals surface area (Å²) in [5, 5.41) is 8.00. The fourth-order valence-electron chi connectivity index (χ4n) is 0.0527. The van der Waals surface area contributed by atoms with Gasteiger partial charge >= 0.3 is 0 Å². The molecule has 0 aromatic carbocycles. The highest BCUT2D eigenvalue weighted by Gasteiger charge is 1.88. The van der Waals surface area contributed by atoms with Crippen LogP contribution in [-0.4, -0.2) is 17.8 Å². The van der Waals surface area contributed by atoms with Crippen molar-refractivity contribution < 1.29 is 5.21 Å². The zero-order valence-corrected chi connectivity index (χ0v) is 3.81. The molecule has 0 bridgehead atoms. The average molecular weight is 90.1 g/mol. The monoisotopic (exact) mass is 90.1 g/mol. The highest BCUT2D eigenvalue weighted by molar-refractivity contribution is 4.50. The van der Waals surface area contributed by atoms with Crippen molar-refractivity contribution in [1.82, 2.24) is 5.48 Å². The molecule has 1 unspecified atom stereocenters. The van der Waals surface area contributed by atoms with Crippen molar-refractivity contribution in [3.8, 4) is 0 Å². The van der Waals surface area contributed by atoms with Gasteiger partial charge in [0.1, 0.15) is 0 Å². The van der Waals surface area contributed by atoms with Gasteiger partial charge in [-0.05, 0) is 6.92 Å².